The summed E-state index contributed by atoms with van der Waals surface area (Å²) in [5.41, 5.74) is 10.4. The van der Waals surface area contributed by atoms with Crippen LogP contribution in [0.15, 0.2) is 29.6 Å². The van der Waals surface area contributed by atoms with E-state index in [1.54, 1.807) is 4.90 Å². The zero-order valence-electron chi connectivity index (χ0n) is 16.1. The van der Waals surface area contributed by atoms with E-state index in [4.69, 9.17) is 10.3 Å². The van der Waals surface area contributed by atoms with Crippen molar-refractivity contribution in [2.24, 2.45) is 11.0 Å². The smallest absolute Gasteiger partial charge is 0.410 e. The molecule has 0 spiro atoms. The molecule has 3 rings (SSSR count). The molecule has 27 heavy (non-hydrogen) atoms. The first kappa shape index (κ1) is 19.0. The molecule has 8 heteroatoms. The van der Waals surface area contributed by atoms with E-state index >= 15 is 0 Å². The number of nitrogens with zero attached hydrogens (tertiary/aromatic N) is 6. The molecule has 2 heterocycles. The number of carbonyl (C=O) groups is 1. The van der Waals surface area contributed by atoms with Crippen molar-refractivity contribution in [3.8, 4) is 0 Å². The molecule has 0 aliphatic heterocycles. The van der Waals surface area contributed by atoms with Gasteiger partial charge >= 0.3 is 6.09 Å². The second-order valence-electron chi connectivity index (χ2n) is 8.08. The molecule has 1 aliphatic rings. The van der Waals surface area contributed by atoms with E-state index in [0.29, 0.717) is 18.2 Å². The van der Waals surface area contributed by atoms with Gasteiger partial charge in [-0.2, -0.15) is 0 Å². The number of rotatable bonds is 6. The van der Waals surface area contributed by atoms with Crippen LogP contribution in [-0.4, -0.2) is 32.5 Å². The Labute approximate surface area is 158 Å². The molecule has 0 unspecified atom stereocenters. The van der Waals surface area contributed by atoms with Gasteiger partial charge in [-0.05, 0) is 56.7 Å². The van der Waals surface area contributed by atoms with E-state index in [0.717, 1.165) is 17.8 Å². The lowest BCUT2D eigenvalue weighted by atomic mass is 9.85. The highest BCUT2D eigenvalue weighted by Crippen LogP contribution is 2.28. The van der Waals surface area contributed by atoms with E-state index in [9.17, 15) is 4.79 Å². The monoisotopic (exact) mass is 370 g/mol. The Morgan fingerprint density at radius 2 is 2.19 bits per heavy atom. The van der Waals surface area contributed by atoms with Crippen molar-refractivity contribution in [1.82, 2.24) is 14.3 Å². The Morgan fingerprint density at radius 1 is 1.41 bits per heavy atom. The third-order valence-electron chi connectivity index (χ3n) is 4.59. The number of fused-ring (bicyclic) bond motifs is 1. The largest absolute Gasteiger partial charge is 0.444 e. The van der Waals surface area contributed by atoms with Gasteiger partial charge in [0.05, 0.1) is 18.8 Å². The Morgan fingerprint density at radius 3 is 2.81 bits per heavy atom. The minimum absolute atomic E-state index is 0.221. The van der Waals surface area contributed by atoms with E-state index in [2.05, 4.69) is 15.0 Å². The third kappa shape index (κ3) is 5.14. The first-order chi connectivity index (χ1) is 12.8. The summed E-state index contributed by atoms with van der Waals surface area (Å²) in [7, 11) is 0. The molecule has 1 saturated carbocycles. The zero-order chi connectivity index (χ0) is 19.4. The highest BCUT2D eigenvalue weighted by molar-refractivity contribution is 5.68. The molecule has 0 radical (unpaired) electrons. The normalized spacial score (nSPS) is 14.5. The van der Waals surface area contributed by atoms with Gasteiger partial charge in [0, 0.05) is 23.9 Å². The Kier molecular flexibility index (Phi) is 5.56. The number of aromatic nitrogens is 2. The van der Waals surface area contributed by atoms with Gasteiger partial charge in [-0.15, -0.1) is 0 Å². The fraction of sp³-hybridized carbons (Fsp3) is 0.579. The molecule has 144 valence electrons. The number of amides is 1. The summed E-state index contributed by atoms with van der Waals surface area (Å²) in [5.74, 6) is 0.560. The van der Waals surface area contributed by atoms with Crippen LogP contribution in [0.25, 0.3) is 16.1 Å². The highest BCUT2D eigenvalue weighted by atomic mass is 16.6. The number of imidazole rings is 1. The number of pyridine rings is 1. The molecule has 0 atom stereocenters. The van der Waals surface area contributed by atoms with Crippen molar-refractivity contribution in [2.45, 2.75) is 58.7 Å². The fourth-order valence-corrected chi connectivity index (χ4v) is 3.10. The highest BCUT2D eigenvalue weighted by Gasteiger charge is 2.27. The summed E-state index contributed by atoms with van der Waals surface area (Å²) < 4.78 is 7.50. The zero-order valence-corrected chi connectivity index (χ0v) is 16.1. The number of hydrogen-bond donors (Lipinski definition) is 0. The standard InChI is InChI=1S/C19H26N6O2/c1-19(2,3)27-18(26)25(10-14-5-4-6-14)12-15-7-8-17-22-16(9-21-23-20)13-24(17)11-15/h7-8,11,13-14H,4-6,9-10,12H2,1-3H3. The average molecular weight is 370 g/mol. The van der Waals surface area contributed by atoms with Gasteiger partial charge in [-0.25, -0.2) is 9.78 Å². The Balaban J connectivity index is 1.76. The van der Waals surface area contributed by atoms with Gasteiger partial charge in [0.15, 0.2) is 0 Å². The molecule has 2 aromatic rings. The number of azide groups is 1. The van der Waals surface area contributed by atoms with Gasteiger partial charge in [0.1, 0.15) is 11.2 Å². The topological polar surface area (TPSA) is 95.6 Å². The lowest BCUT2D eigenvalue weighted by Gasteiger charge is -2.33. The molecule has 1 fully saturated rings. The molecule has 0 bridgehead atoms. The predicted molar refractivity (Wildman–Crippen MR) is 102 cm³/mol. The fourth-order valence-electron chi connectivity index (χ4n) is 3.10. The van der Waals surface area contributed by atoms with Gasteiger partial charge in [0.25, 0.3) is 0 Å². The predicted octanol–water partition coefficient (Wildman–Crippen LogP) is 4.68. The molecule has 0 aromatic carbocycles. The van der Waals surface area contributed by atoms with Gasteiger partial charge < -0.3 is 14.0 Å². The van der Waals surface area contributed by atoms with Crippen LogP contribution in [0, 0.1) is 5.92 Å². The van der Waals surface area contributed by atoms with Crippen LogP contribution in [0.2, 0.25) is 0 Å². The maximum Gasteiger partial charge on any atom is 0.410 e. The van der Waals surface area contributed by atoms with Crippen molar-refractivity contribution in [3.63, 3.8) is 0 Å². The summed E-state index contributed by atoms with van der Waals surface area (Å²) in [6.07, 6.45) is 7.11. The van der Waals surface area contributed by atoms with Crippen LogP contribution in [0.4, 0.5) is 4.79 Å². The number of carbonyl (C=O) groups excluding carboxylic acids is 1. The van der Waals surface area contributed by atoms with Crippen LogP contribution >= 0.6 is 0 Å². The maximum atomic E-state index is 12.7. The van der Waals surface area contributed by atoms with Crippen LogP contribution in [0.1, 0.15) is 51.3 Å². The summed E-state index contributed by atoms with van der Waals surface area (Å²) in [6.45, 7) is 7.09. The second-order valence-corrected chi connectivity index (χ2v) is 8.08. The van der Waals surface area contributed by atoms with E-state index in [-0.39, 0.29) is 12.6 Å². The minimum atomic E-state index is -0.514. The van der Waals surface area contributed by atoms with Crippen molar-refractivity contribution in [3.05, 3.63) is 46.2 Å². The minimum Gasteiger partial charge on any atom is -0.444 e. The van der Waals surface area contributed by atoms with Crippen molar-refractivity contribution < 1.29 is 9.53 Å². The lowest BCUT2D eigenvalue weighted by Crippen LogP contribution is -2.40. The summed E-state index contributed by atoms with van der Waals surface area (Å²) in [5, 5.41) is 3.55. The molecule has 8 nitrogen and oxygen atoms in total. The van der Waals surface area contributed by atoms with Crippen LogP contribution in [0.5, 0.6) is 0 Å². The van der Waals surface area contributed by atoms with E-state index in [1.165, 1.54) is 19.3 Å². The first-order valence-electron chi connectivity index (χ1n) is 9.29. The molecule has 1 aliphatic carbocycles. The Bertz CT molecular complexity index is 859. The van der Waals surface area contributed by atoms with Crippen molar-refractivity contribution in [2.75, 3.05) is 6.54 Å². The second kappa shape index (κ2) is 7.88. The van der Waals surface area contributed by atoms with Crippen molar-refractivity contribution in [1.29, 1.82) is 0 Å². The molecular formula is C19H26N6O2. The molecule has 1 amide bonds. The number of hydrogen-bond acceptors (Lipinski definition) is 4. The van der Waals surface area contributed by atoms with E-state index in [1.807, 2.05) is 49.7 Å². The molecule has 0 N–H and O–H groups in total. The van der Waals surface area contributed by atoms with Crippen LogP contribution < -0.4 is 0 Å². The van der Waals surface area contributed by atoms with Gasteiger partial charge in [-0.3, -0.25) is 0 Å². The maximum absolute atomic E-state index is 12.7. The van der Waals surface area contributed by atoms with Crippen LogP contribution in [0.3, 0.4) is 0 Å². The van der Waals surface area contributed by atoms with Crippen molar-refractivity contribution >= 4 is 11.7 Å². The van der Waals surface area contributed by atoms with Gasteiger partial charge in [0.2, 0.25) is 0 Å². The summed E-state index contributed by atoms with van der Waals surface area (Å²) >= 11 is 0. The van der Waals surface area contributed by atoms with Gasteiger partial charge in [-0.1, -0.05) is 17.6 Å². The Hall–Kier alpha value is -2.73. The van der Waals surface area contributed by atoms with E-state index < -0.39 is 5.60 Å². The van der Waals surface area contributed by atoms with Crippen LogP contribution in [-0.2, 0) is 17.8 Å². The lowest BCUT2D eigenvalue weighted by molar-refractivity contribution is 0.0173. The summed E-state index contributed by atoms with van der Waals surface area (Å²) in [4.78, 5) is 21.6. The first-order valence-corrected chi connectivity index (χ1v) is 9.29. The average Bonchev–Trinajstić information content (AvgIpc) is 2.95. The summed E-state index contributed by atoms with van der Waals surface area (Å²) in [6, 6.07) is 3.88. The quantitative estimate of drug-likeness (QED) is 0.419. The third-order valence-corrected chi connectivity index (χ3v) is 4.59. The molecule has 2 aromatic heterocycles. The molecule has 0 saturated heterocycles. The SMILES string of the molecule is CC(C)(C)OC(=O)N(Cc1ccc2nc(CN=[N+]=[N-])cn2c1)CC1CCC1. The molecular weight excluding hydrogens is 344 g/mol. The number of ether oxygens (including phenoxy) is 1.